The lowest BCUT2D eigenvalue weighted by molar-refractivity contribution is -0.146. The van der Waals surface area contributed by atoms with E-state index in [2.05, 4.69) is 5.32 Å². The Balaban J connectivity index is 2.49. The van der Waals surface area contributed by atoms with Crippen LogP contribution < -0.4 is 5.32 Å². The number of carbonyl (C=O) groups excluding carboxylic acids is 1. The third-order valence-corrected chi connectivity index (χ3v) is 5.68. The second-order valence-corrected chi connectivity index (χ2v) is 7.49. The molecule has 0 aromatic rings. The summed E-state index contributed by atoms with van der Waals surface area (Å²) in [6.45, 7) is 4.37. The van der Waals surface area contributed by atoms with Crippen LogP contribution in [-0.4, -0.2) is 39.2 Å². The van der Waals surface area contributed by atoms with E-state index >= 15 is 0 Å². The van der Waals surface area contributed by atoms with Crippen molar-refractivity contribution in [1.82, 2.24) is 5.32 Å². The molecule has 0 spiro atoms. The van der Waals surface area contributed by atoms with Crippen molar-refractivity contribution in [2.24, 2.45) is 17.8 Å². The number of aliphatic carboxylic acids is 1. The molecule has 116 valence electrons. The van der Waals surface area contributed by atoms with Gasteiger partial charge in [0.05, 0.1) is 11.8 Å². The van der Waals surface area contributed by atoms with Crippen molar-refractivity contribution in [3.63, 3.8) is 0 Å². The number of hydrogen-bond donors (Lipinski definition) is 2. The molecule has 1 aliphatic rings. The summed E-state index contributed by atoms with van der Waals surface area (Å²) in [5.74, 6) is -1.68. The Bertz CT molecular complexity index is 385. The van der Waals surface area contributed by atoms with Gasteiger partial charge in [-0.2, -0.15) is 0 Å². The Morgan fingerprint density at radius 2 is 1.95 bits per heavy atom. The zero-order valence-corrected chi connectivity index (χ0v) is 13.2. The lowest BCUT2D eigenvalue weighted by Gasteiger charge is -2.16. The minimum absolute atomic E-state index is 0.0394. The van der Waals surface area contributed by atoms with Gasteiger partial charge in [0.15, 0.2) is 0 Å². The molecule has 1 fully saturated rings. The Kier molecular flexibility index (Phi) is 6.65. The van der Waals surface area contributed by atoms with E-state index in [4.69, 9.17) is 0 Å². The van der Waals surface area contributed by atoms with Crippen LogP contribution in [0.5, 0.6) is 0 Å². The highest BCUT2D eigenvalue weighted by Crippen LogP contribution is 2.38. The van der Waals surface area contributed by atoms with E-state index in [1.807, 2.05) is 13.8 Å². The number of rotatable bonds is 7. The molecule has 1 saturated carbocycles. The molecule has 2 N–H and O–H groups in total. The smallest absolute Gasteiger partial charge is 0.307 e. The van der Waals surface area contributed by atoms with E-state index in [1.165, 1.54) is 0 Å². The lowest BCUT2D eigenvalue weighted by Crippen LogP contribution is -2.36. The van der Waals surface area contributed by atoms with Crippen molar-refractivity contribution in [1.29, 1.82) is 0 Å². The quantitative estimate of drug-likeness (QED) is 0.744. The predicted molar refractivity (Wildman–Crippen MR) is 78.8 cm³/mol. The van der Waals surface area contributed by atoms with E-state index in [0.717, 1.165) is 6.42 Å². The highest BCUT2D eigenvalue weighted by Gasteiger charge is 2.41. The Hall–Kier alpha value is -0.910. The van der Waals surface area contributed by atoms with Crippen molar-refractivity contribution in [2.75, 3.05) is 12.8 Å². The number of carboxylic acid groups (broad SMARTS) is 1. The van der Waals surface area contributed by atoms with Gasteiger partial charge in [-0.05, 0) is 25.2 Å². The molecule has 5 atom stereocenters. The van der Waals surface area contributed by atoms with Gasteiger partial charge in [-0.25, -0.2) is 0 Å². The molecule has 5 nitrogen and oxygen atoms in total. The summed E-state index contributed by atoms with van der Waals surface area (Å²) in [7, 11) is -0.894. The van der Waals surface area contributed by atoms with Crippen LogP contribution in [0.3, 0.4) is 0 Å². The molecule has 1 aliphatic carbocycles. The molecule has 6 heteroatoms. The topological polar surface area (TPSA) is 83.5 Å². The van der Waals surface area contributed by atoms with E-state index in [1.54, 1.807) is 6.26 Å². The van der Waals surface area contributed by atoms with Gasteiger partial charge >= 0.3 is 5.97 Å². The first-order valence-corrected chi connectivity index (χ1v) is 8.81. The largest absolute Gasteiger partial charge is 0.481 e. The maximum absolute atomic E-state index is 12.1. The van der Waals surface area contributed by atoms with Crippen LogP contribution in [0.1, 0.15) is 39.5 Å². The number of hydrogen-bond acceptors (Lipinski definition) is 3. The molecular weight excluding hydrogens is 278 g/mol. The van der Waals surface area contributed by atoms with E-state index in [9.17, 15) is 18.9 Å². The SMILES string of the molecule is CCC1C[C@H](C(=O)NCCC(C)S(C)=O)[C@H](C(=O)O)C1. The second-order valence-electron chi connectivity index (χ2n) is 5.69. The molecular formula is C14H25NO4S. The fraction of sp³-hybridized carbons (Fsp3) is 0.857. The van der Waals surface area contributed by atoms with Crippen LogP contribution in [-0.2, 0) is 20.4 Å². The minimum Gasteiger partial charge on any atom is -0.481 e. The van der Waals surface area contributed by atoms with E-state index in [-0.39, 0.29) is 11.2 Å². The zero-order chi connectivity index (χ0) is 15.3. The fourth-order valence-electron chi connectivity index (χ4n) is 2.73. The molecule has 0 radical (unpaired) electrons. The number of carboxylic acids is 1. The normalized spacial score (nSPS) is 28.9. The summed E-state index contributed by atoms with van der Waals surface area (Å²) in [5, 5.41) is 12.1. The minimum atomic E-state index is -0.894. The maximum atomic E-state index is 12.1. The van der Waals surface area contributed by atoms with Crippen molar-refractivity contribution >= 4 is 22.7 Å². The first kappa shape index (κ1) is 17.1. The molecule has 0 saturated heterocycles. The van der Waals surface area contributed by atoms with Crippen LogP contribution in [0.25, 0.3) is 0 Å². The summed E-state index contributed by atoms with van der Waals surface area (Å²) < 4.78 is 11.2. The van der Waals surface area contributed by atoms with Gasteiger partial charge in [-0.3, -0.25) is 13.8 Å². The van der Waals surface area contributed by atoms with Crippen molar-refractivity contribution in [3.05, 3.63) is 0 Å². The van der Waals surface area contributed by atoms with Gasteiger partial charge in [0.1, 0.15) is 0 Å². The summed E-state index contributed by atoms with van der Waals surface area (Å²) >= 11 is 0. The van der Waals surface area contributed by atoms with Crippen LogP contribution in [0.15, 0.2) is 0 Å². The highest BCUT2D eigenvalue weighted by atomic mass is 32.2. The average Bonchev–Trinajstić information content (AvgIpc) is 2.82. The highest BCUT2D eigenvalue weighted by molar-refractivity contribution is 7.84. The molecule has 0 heterocycles. The third-order valence-electron chi connectivity index (χ3n) is 4.31. The Morgan fingerprint density at radius 1 is 1.35 bits per heavy atom. The monoisotopic (exact) mass is 303 g/mol. The molecule has 1 rings (SSSR count). The predicted octanol–water partition coefficient (Wildman–Crippen LogP) is 1.40. The molecule has 20 heavy (non-hydrogen) atoms. The molecule has 0 aliphatic heterocycles. The summed E-state index contributed by atoms with van der Waals surface area (Å²) in [5.41, 5.74) is 0. The van der Waals surface area contributed by atoms with Crippen molar-refractivity contribution in [3.8, 4) is 0 Å². The average molecular weight is 303 g/mol. The van der Waals surface area contributed by atoms with Gasteiger partial charge in [0, 0.05) is 28.9 Å². The molecule has 0 aromatic carbocycles. The van der Waals surface area contributed by atoms with Crippen molar-refractivity contribution in [2.45, 2.75) is 44.8 Å². The first-order chi connectivity index (χ1) is 9.36. The van der Waals surface area contributed by atoms with Gasteiger partial charge < -0.3 is 10.4 Å². The molecule has 0 bridgehead atoms. The first-order valence-electron chi connectivity index (χ1n) is 7.19. The Morgan fingerprint density at radius 3 is 2.45 bits per heavy atom. The molecule has 0 aromatic heterocycles. The van der Waals surface area contributed by atoms with E-state index < -0.39 is 28.6 Å². The molecule has 3 unspecified atom stereocenters. The van der Waals surface area contributed by atoms with Crippen LogP contribution in [0.4, 0.5) is 0 Å². The summed E-state index contributed by atoms with van der Waals surface area (Å²) in [6.07, 6.45) is 4.47. The van der Waals surface area contributed by atoms with Crippen molar-refractivity contribution < 1.29 is 18.9 Å². The molecule has 1 amide bonds. The third kappa shape index (κ3) is 4.58. The fourth-order valence-corrected chi connectivity index (χ4v) is 3.18. The summed E-state index contributed by atoms with van der Waals surface area (Å²) in [6, 6.07) is 0. The number of carbonyl (C=O) groups is 2. The van der Waals surface area contributed by atoms with Gasteiger partial charge in [-0.1, -0.05) is 20.3 Å². The number of amides is 1. The lowest BCUT2D eigenvalue weighted by atomic mass is 9.95. The Labute approximate surface area is 123 Å². The van der Waals surface area contributed by atoms with E-state index in [0.29, 0.717) is 31.7 Å². The standard InChI is InChI=1S/C14H25NO4S/c1-4-10-7-11(12(8-10)14(17)18)13(16)15-6-5-9(2)20(3)19/h9-12H,4-8H2,1-3H3,(H,15,16)(H,17,18)/t9?,10?,11-,12+,20?/m0/s1. The number of nitrogens with one attached hydrogen (secondary N) is 1. The van der Waals surface area contributed by atoms with Crippen LogP contribution in [0.2, 0.25) is 0 Å². The summed E-state index contributed by atoms with van der Waals surface area (Å²) in [4.78, 5) is 23.4. The zero-order valence-electron chi connectivity index (χ0n) is 12.4. The second kappa shape index (κ2) is 7.76. The van der Waals surface area contributed by atoms with Gasteiger partial charge in [0.25, 0.3) is 0 Å². The van der Waals surface area contributed by atoms with Crippen LogP contribution >= 0.6 is 0 Å². The maximum Gasteiger partial charge on any atom is 0.307 e. The van der Waals surface area contributed by atoms with Gasteiger partial charge in [0.2, 0.25) is 5.91 Å². The van der Waals surface area contributed by atoms with Crippen LogP contribution in [0, 0.1) is 17.8 Å². The van der Waals surface area contributed by atoms with Gasteiger partial charge in [-0.15, -0.1) is 0 Å².